The first-order valence-corrected chi connectivity index (χ1v) is 19.6. The molecule has 10 heteroatoms. The van der Waals surface area contributed by atoms with Crippen LogP contribution in [0.5, 0.6) is 0 Å². The maximum atomic E-state index is 11.4. The third-order valence-electron chi connectivity index (χ3n) is 7.17. The molecule has 1 rings (SSSR count). The summed E-state index contributed by atoms with van der Waals surface area (Å²) in [6.45, 7) is 30.2. The molecule has 0 aliphatic carbocycles. The van der Waals surface area contributed by atoms with Crippen LogP contribution in [-0.2, 0) is 4.79 Å². The van der Waals surface area contributed by atoms with E-state index in [0.29, 0.717) is 23.6 Å². The van der Waals surface area contributed by atoms with Crippen molar-refractivity contribution in [1.82, 2.24) is 0 Å². The summed E-state index contributed by atoms with van der Waals surface area (Å²) in [5.74, 6) is 3.21. The van der Waals surface area contributed by atoms with Crippen molar-refractivity contribution in [2.24, 2.45) is 69.9 Å². The van der Waals surface area contributed by atoms with Crippen molar-refractivity contribution in [3.63, 3.8) is 0 Å². The van der Waals surface area contributed by atoms with Crippen molar-refractivity contribution in [3.05, 3.63) is 42.5 Å². The molecule has 0 radical (unpaired) electrons. The first kappa shape index (κ1) is 59.1. The molecule has 0 saturated carbocycles. The van der Waals surface area contributed by atoms with Crippen LogP contribution in [0.2, 0.25) is 0 Å². The highest BCUT2D eigenvalue weighted by Gasteiger charge is 2.09. The van der Waals surface area contributed by atoms with E-state index in [-0.39, 0.29) is 48.6 Å². The fourth-order valence-corrected chi connectivity index (χ4v) is 4.14. The van der Waals surface area contributed by atoms with Crippen molar-refractivity contribution in [1.29, 1.82) is 0 Å². The summed E-state index contributed by atoms with van der Waals surface area (Å²) in [7, 11) is 0. The van der Waals surface area contributed by atoms with E-state index in [1.807, 2.05) is 27.7 Å². The predicted molar refractivity (Wildman–Crippen MR) is 230 cm³/mol. The lowest BCUT2D eigenvalue weighted by molar-refractivity contribution is -0.120. The molecule has 1 aromatic rings. The van der Waals surface area contributed by atoms with E-state index in [1.54, 1.807) is 30.3 Å². The minimum atomic E-state index is -0.0185. The standard InChI is InChI=1S/C10H13NO.C9H22N2.C7H15N.C6H15NO.C5H11NO.C5H13N/c1-7(2)10(12)8-3-5-9(11)6-4-8;1-8(2)7-9(11)5-3-4-6-10;1-4-7(8)5-6(2)3;1-5(2)3-6(7)4-8;1-4(2)5(7)3-6;1-5(2)3-4-6/h3-7H,11H2,1-2H3;8-9H,3-7,10-11H2,1-2H3;4,6-7H,1,5,8H2,2-3H3;5-6,8H,3-4,7H2,1-2H3;4H,3,6H2,1-2H3;5H,3-4,6H2,1-2H3/t;9-;7-;6-;;/m.001../s1. The van der Waals surface area contributed by atoms with Gasteiger partial charge in [-0.25, -0.2) is 0 Å². The van der Waals surface area contributed by atoms with Crippen molar-refractivity contribution in [2.75, 3.05) is 32.0 Å². The molecule has 10 nitrogen and oxygen atoms in total. The molecule has 52 heavy (non-hydrogen) atoms. The number of carbonyl (C=O) groups excluding carboxylic acids is 2. The lowest BCUT2D eigenvalue weighted by atomic mass is 10.00. The number of hydrogen-bond donors (Lipinski definition) is 8. The fourth-order valence-electron chi connectivity index (χ4n) is 4.14. The molecule has 0 spiro atoms. The third kappa shape index (κ3) is 49.9. The molecule has 15 N–H and O–H groups in total. The Hall–Kier alpha value is -2.18. The van der Waals surface area contributed by atoms with E-state index in [1.165, 1.54) is 6.42 Å². The van der Waals surface area contributed by atoms with Crippen molar-refractivity contribution in [2.45, 2.75) is 146 Å². The number of anilines is 1. The number of benzene rings is 1. The third-order valence-corrected chi connectivity index (χ3v) is 7.17. The predicted octanol–water partition coefficient (Wildman–Crippen LogP) is 6.66. The Bertz CT molecular complexity index is 921. The van der Waals surface area contributed by atoms with E-state index in [2.05, 4.69) is 62.0 Å². The summed E-state index contributed by atoms with van der Waals surface area (Å²) < 4.78 is 0. The van der Waals surface area contributed by atoms with E-state index in [4.69, 9.17) is 45.2 Å². The van der Waals surface area contributed by atoms with Crippen LogP contribution in [0, 0.1) is 35.5 Å². The van der Waals surface area contributed by atoms with E-state index in [0.717, 1.165) is 69.0 Å². The van der Waals surface area contributed by atoms with Gasteiger partial charge in [0.1, 0.15) is 5.78 Å². The maximum absolute atomic E-state index is 11.4. The summed E-state index contributed by atoms with van der Waals surface area (Å²) >= 11 is 0. The Morgan fingerprint density at radius 1 is 0.654 bits per heavy atom. The number of ketones is 2. The van der Waals surface area contributed by atoms with Crippen LogP contribution in [-0.4, -0.2) is 61.0 Å². The molecule has 0 unspecified atom stereocenters. The molecule has 0 heterocycles. The Morgan fingerprint density at radius 2 is 1.12 bits per heavy atom. The maximum Gasteiger partial charge on any atom is 0.165 e. The molecular weight excluding hydrogens is 651 g/mol. The highest BCUT2D eigenvalue weighted by Crippen LogP contribution is 2.11. The Kier molecular flexibility index (Phi) is 45.5. The van der Waals surface area contributed by atoms with Crippen molar-refractivity contribution < 1.29 is 14.7 Å². The van der Waals surface area contributed by atoms with Gasteiger partial charge in [-0.1, -0.05) is 95.6 Å². The molecule has 0 aliphatic heterocycles. The second-order valence-corrected chi connectivity index (χ2v) is 15.7. The molecule has 3 atom stereocenters. The quantitative estimate of drug-likeness (QED) is 0.0345. The first-order chi connectivity index (χ1) is 24.1. The smallest absolute Gasteiger partial charge is 0.165 e. The molecule has 0 bridgehead atoms. The van der Waals surface area contributed by atoms with Gasteiger partial charge in [0, 0.05) is 41.2 Å². The average Bonchev–Trinajstić information content (AvgIpc) is 3.04. The number of aliphatic hydroxyl groups is 1. The van der Waals surface area contributed by atoms with Gasteiger partial charge in [-0.15, -0.1) is 6.58 Å². The molecule has 0 fully saturated rings. The number of Topliss-reactive ketones (excluding diaryl/α,β-unsaturated/α-hetero) is 2. The fraction of sp³-hybridized carbons (Fsp3) is 0.762. The lowest BCUT2D eigenvalue weighted by Crippen LogP contribution is -2.25. The zero-order valence-corrected chi connectivity index (χ0v) is 35.9. The molecular formula is C42H89N7O3. The van der Waals surface area contributed by atoms with Crippen LogP contribution in [0.25, 0.3) is 0 Å². The molecule has 0 aliphatic rings. The Morgan fingerprint density at radius 3 is 1.35 bits per heavy atom. The van der Waals surface area contributed by atoms with Gasteiger partial charge in [-0.2, -0.15) is 0 Å². The molecule has 0 saturated heterocycles. The Balaban J connectivity index is -0.000000173. The van der Waals surface area contributed by atoms with E-state index < -0.39 is 0 Å². The summed E-state index contributed by atoms with van der Waals surface area (Å²) in [5.41, 5.74) is 39.4. The van der Waals surface area contributed by atoms with Gasteiger partial charge in [-0.05, 0) is 99.6 Å². The largest absolute Gasteiger partial charge is 0.399 e. The van der Waals surface area contributed by atoms with Crippen LogP contribution in [0.3, 0.4) is 0 Å². The minimum absolute atomic E-state index is 0.0185. The van der Waals surface area contributed by atoms with Crippen molar-refractivity contribution in [3.8, 4) is 0 Å². The number of nitrogens with two attached hydrogens (primary N) is 7. The number of aliphatic hydroxyl groups excluding tert-OH is 1. The summed E-state index contributed by atoms with van der Waals surface area (Å²) in [5, 5.41) is 8.46. The molecule has 310 valence electrons. The highest BCUT2D eigenvalue weighted by atomic mass is 16.3. The SMILES string of the molecule is C=C[C@H](N)CC(C)C.CC(C)C(=O)CN.CC(C)C(=O)c1ccc(N)cc1.CC(C)CCN.CC(C)C[C@@H](N)CCCCN.CC(C)C[C@@H](N)CO. The number of hydrogen-bond acceptors (Lipinski definition) is 10. The molecule has 0 amide bonds. The van der Waals surface area contributed by atoms with Gasteiger partial charge in [0.25, 0.3) is 0 Å². The number of unbranched alkanes of at least 4 members (excludes halogenated alkanes) is 1. The van der Waals surface area contributed by atoms with Gasteiger partial charge in [0.15, 0.2) is 5.78 Å². The number of nitrogen functional groups attached to an aromatic ring is 1. The van der Waals surface area contributed by atoms with Crippen LogP contribution in [0.15, 0.2) is 36.9 Å². The molecule has 1 aromatic carbocycles. The second kappa shape index (κ2) is 40.0. The summed E-state index contributed by atoms with van der Waals surface area (Å²) in [6.07, 6.45) is 9.48. The van der Waals surface area contributed by atoms with Crippen LogP contribution >= 0.6 is 0 Å². The minimum Gasteiger partial charge on any atom is -0.399 e. The monoisotopic (exact) mass is 740 g/mol. The van der Waals surface area contributed by atoms with Gasteiger partial charge < -0.3 is 45.2 Å². The van der Waals surface area contributed by atoms with Gasteiger partial charge in [0.2, 0.25) is 0 Å². The first-order valence-electron chi connectivity index (χ1n) is 19.6. The lowest BCUT2D eigenvalue weighted by Gasteiger charge is -2.12. The topological polar surface area (TPSA) is 237 Å². The normalized spacial score (nSPS) is 12.2. The van der Waals surface area contributed by atoms with Gasteiger partial charge in [-0.3, -0.25) is 9.59 Å². The number of carbonyl (C=O) groups is 2. The van der Waals surface area contributed by atoms with Gasteiger partial charge in [0.05, 0.1) is 13.2 Å². The average molecular weight is 740 g/mol. The van der Waals surface area contributed by atoms with E-state index >= 15 is 0 Å². The number of rotatable bonds is 18. The zero-order chi connectivity index (χ0) is 41.8. The second-order valence-electron chi connectivity index (χ2n) is 15.7. The molecule has 0 aromatic heterocycles. The van der Waals surface area contributed by atoms with E-state index in [9.17, 15) is 9.59 Å². The zero-order valence-electron chi connectivity index (χ0n) is 35.9. The van der Waals surface area contributed by atoms with Gasteiger partial charge >= 0.3 is 0 Å². The van der Waals surface area contributed by atoms with Crippen LogP contribution < -0.4 is 40.1 Å². The van der Waals surface area contributed by atoms with Crippen LogP contribution in [0.4, 0.5) is 5.69 Å². The Labute approximate surface area is 321 Å². The summed E-state index contributed by atoms with van der Waals surface area (Å²) in [6, 6.07) is 7.58. The van der Waals surface area contributed by atoms with Crippen molar-refractivity contribution >= 4 is 17.3 Å². The van der Waals surface area contributed by atoms with Crippen LogP contribution in [0.1, 0.15) is 138 Å². The summed E-state index contributed by atoms with van der Waals surface area (Å²) in [4.78, 5) is 21.8. The highest BCUT2D eigenvalue weighted by molar-refractivity contribution is 5.97.